The molecule has 1 saturated heterocycles. The van der Waals surface area contributed by atoms with Crippen LogP contribution in [0.25, 0.3) is 6.08 Å². The predicted molar refractivity (Wildman–Crippen MR) is 78.8 cm³/mol. The van der Waals surface area contributed by atoms with Gasteiger partial charge in [-0.25, -0.2) is 0 Å². The van der Waals surface area contributed by atoms with Gasteiger partial charge in [0, 0.05) is 4.47 Å². The summed E-state index contributed by atoms with van der Waals surface area (Å²) in [5.41, 5.74) is 0.788. The van der Waals surface area contributed by atoms with Gasteiger partial charge in [0.2, 0.25) is 0 Å². The number of hydrogen-bond donors (Lipinski definition) is 0. The third-order valence-corrected chi connectivity index (χ3v) is 4.21. The molecule has 0 aromatic heterocycles. The van der Waals surface area contributed by atoms with Gasteiger partial charge in [0.05, 0.1) is 12.0 Å². The van der Waals surface area contributed by atoms with E-state index in [2.05, 4.69) is 20.7 Å². The summed E-state index contributed by atoms with van der Waals surface area (Å²) in [6.45, 7) is -0.367. The van der Waals surface area contributed by atoms with Gasteiger partial charge >= 0.3 is 5.97 Å². The number of halogens is 1. The fraction of sp³-hybridized carbons (Fsp3) is 0.154. The SMILES string of the molecule is COC(=O)CN1C(=O)S/C(=C\c2ccccc2Br)C1=O. The molecule has 2 amide bonds. The van der Waals surface area contributed by atoms with Gasteiger partial charge in [-0.1, -0.05) is 34.1 Å². The van der Waals surface area contributed by atoms with Crippen molar-refractivity contribution in [3.8, 4) is 0 Å². The molecule has 1 heterocycles. The standard InChI is InChI=1S/C13H10BrNO4S/c1-19-11(16)7-15-12(17)10(20-13(15)18)6-8-4-2-3-5-9(8)14/h2-6H,7H2,1H3/b10-6-. The zero-order valence-corrected chi connectivity index (χ0v) is 12.9. The lowest BCUT2D eigenvalue weighted by Crippen LogP contribution is -2.34. The van der Waals surface area contributed by atoms with Crippen LogP contribution in [0.4, 0.5) is 4.79 Å². The Hall–Kier alpha value is -1.60. The van der Waals surface area contributed by atoms with Crippen LogP contribution in [-0.4, -0.2) is 35.7 Å². The van der Waals surface area contributed by atoms with Gasteiger partial charge in [0.15, 0.2) is 0 Å². The van der Waals surface area contributed by atoms with Crippen LogP contribution >= 0.6 is 27.7 Å². The molecular weight excluding hydrogens is 346 g/mol. The molecule has 1 aliphatic rings. The average Bonchev–Trinajstić information content (AvgIpc) is 2.69. The first-order valence-corrected chi connectivity index (χ1v) is 7.20. The van der Waals surface area contributed by atoms with Gasteiger partial charge < -0.3 is 4.74 Å². The Morgan fingerprint density at radius 3 is 2.75 bits per heavy atom. The molecule has 1 aliphatic heterocycles. The molecule has 0 saturated carbocycles. The molecule has 1 aromatic carbocycles. The highest BCUT2D eigenvalue weighted by Gasteiger charge is 2.36. The number of rotatable bonds is 3. The molecule has 7 heteroatoms. The number of methoxy groups -OCH3 is 1. The number of nitrogens with zero attached hydrogens (tertiary/aromatic N) is 1. The first-order chi connectivity index (χ1) is 9.52. The van der Waals surface area contributed by atoms with E-state index in [-0.39, 0.29) is 11.4 Å². The van der Waals surface area contributed by atoms with Gasteiger partial charge in [-0.05, 0) is 29.5 Å². The summed E-state index contributed by atoms with van der Waals surface area (Å²) in [5, 5.41) is -0.473. The number of ether oxygens (including phenoxy) is 1. The quantitative estimate of drug-likeness (QED) is 0.616. The van der Waals surface area contributed by atoms with E-state index in [1.54, 1.807) is 6.08 Å². The Balaban J connectivity index is 2.24. The second-order valence-electron chi connectivity index (χ2n) is 3.87. The van der Waals surface area contributed by atoms with Crippen molar-refractivity contribution < 1.29 is 19.1 Å². The molecular formula is C13H10BrNO4S. The summed E-state index contributed by atoms with van der Waals surface area (Å²) >= 11 is 4.18. The molecule has 0 unspecified atom stereocenters. The van der Waals surface area contributed by atoms with E-state index in [0.29, 0.717) is 0 Å². The summed E-state index contributed by atoms with van der Waals surface area (Å²) in [6.07, 6.45) is 1.62. The van der Waals surface area contributed by atoms with Crippen molar-refractivity contribution in [2.24, 2.45) is 0 Å². The lowest BCUT2D eigenvalue weighted by molar-refractivity contribution is -0.143. The van der Waals surface area contributed by atoms with Gasteiger partial charge in [-0.2, -0.15) is 0 Å². The third kappa shape index (κ3) is 3.10. The van der Waals surface area contributed by atoms with E-state index in [0.717, 1.165) is 26.7 Å². The second kappa shape index (κ2) is 6.23. The largest absolute Gasteiger partial charge is 0.468 e. The predicted octanol–water partition coefficient (Wildman–Crippen LogP) is 2.66. The van der Waals surface area contributed by atoms with Crippen molar-refractivity contribution in [2.75, 3.05) is 13.7 Å². The second-order valence-corrected chi connectivity index (χ2v) is 5.71. The minimum Gasteiger partial charge on any atom is -0.468 e. The van der Waals surface area contributed by atoms with E-state index >= 15 is 0 Å². The smallest absolute Gasteiger partial charge is 0.325 e. The number of amides is 2. The van der Waals surface area contributed by atoms with Crippen molar-refractivity contribution in [1.82, 2.24) is 4.90 Å². The van der Waals surface area contributed by atoms with E-state index in [1.165, 1.54) is 7.11 Å². The molecule has 2 rings (SSSR count). The Morgan fingerprint density at radius 2 is 2.10 bits per heavy atom. The van der Waals surface area contributed by atoms with Crippen LogP contribution in [0.3, 0.4) is 0 Å². The van der Waals surface area contributed by atoms with Crippen LogP contribution in [0.1, 0.15) is 5.56 Å². The van der Waals surface area contributed by atoms with Crippen molar-refractivity contribution in [3.63, 3.8) is 0 Å². The summed E-state index contributed by atoms with van der Waals surface area (Å²) in [5.74, 6) is -1.12. The number of benzene rings is 1. The number of hydrogen-bond acceptors (Lipinski definition) is 5. The van der Waals surface area contributed by atoms with Crippen LogP contribution in [0, 0.1) is 0 Å². The summed E-state index contributed by atoms with van der Waals surface area (Å²) in [6, 6.07) is 7.34. The third-order valence-electron chi connectivity index (χ3n) is 2.58. The van der Waals surface area contributed by atoms with E-state index in [1.807, 2.05) is 24.3 Å². The van der Waals surface area contributed by atoms with Crippen LogP contribution < -0.4 is 0 Å². The zero-order valence-electron chi connectivity index (χ0n) is 10.5. The maximum absolute atomic E-state index is 12.1. The molecule has 0 radical (unpaired) electrons. The molecule has 0 bridgehead atoms. The van der Waals surface area contributed by atoms with Crippen molar-refractivity contribution in [2.45, 2.75) is 0 Å². The van der Waals surface area contributed by atoms with Crippen molar-refractivity contribution >= 4 is 50.9 Å². The molecule has 20 heavy (non-hydrogen) atoms. The number of carbonyl (C=O) groups excluding carboxylic acids is 3. The topological polar surface area (TPSA) is 63.7 Å². The molecule has 1 fully saturated rings. The summed E-state index contributed by atoms with van der Waals surface area (Å²) < 4.78 is 5.28. The van der Waals surface area contributed by atoms with Gasteiger partial charge in [-0.3, -0.25) is 19.3 Å². The fourth-order valence-electron chi connectivity index (χ4n) is 1.56. The van der Waals surface area contributed by atoms with Crippen LogP contribution in [0.5, 0.6) is 0 Å². The number of imide groups is 1. The maximum Gasteiger partial charge on any atom is 0.325 e. The molecule has 104 valence electrons. The van der Waals surface area contributed by atoms with Gasteiger partial charge in [0.25, 0.3) is 11.1 Å². The van der Waals surface area contributed by atoms with Crippen LogP contribution in [-0.2, 0) is 14.3 Å². The average molecular weight is 356 g/mol. The van der Waals surface area contributed by atoms with Crippen molar-refractivity contribution in [3.05, 3.63) is 39.2 Å². The van der Waals surface area contributed by atoms with Gasteiger partial charge in [0.1, 0.15) is 6.54 Å². The Labute approximate surface area is 128 Å². The number of thioether (sulfide) groups is 1. The Kier molecular flexibility index (Phi) is 4.61. The normalized spacial score (nSPS) is 16.9. The first-order valence-electron chi connectivity index (χ1n) is 5.59. The summed E-state index contributed by atoms with van der Waals surface area (Å²) in [4.78, 5) is 36.1. The van der Waals surface area contributed by atoms with Gasteiger partial charge in [-0.15, -0.1) is 0 Å². The first kappa shape index (κ1) is 14.8. The van der Waals surface area contributed by atoms with E-state index in [9.17, 15) is 14.4 Å². The number of esters is 1. The summed E-state index contributed by atoms with van der Waals surface area (Å²) in [7, 11) is 1.21. The number of carbonyl (C=O) groups is 3. The Bertz CT molecular complexity index is 614. The van der Waals surface area contributed by atoms with Crippen LogP contribution in [0.15, 0.2) is 33.6 Å². The van der Waals surface area contributed by atoms with Crippen LogP contribution in [0.2, 0.25) is 0 Å². The Morgan fingerprint density at radius 1 is 1.40 bits per heavy atom. The molecule has 0 spiro atoms. The molecule has 0 aliphatic carbocycles. The highest BCUT2D eigenvalue weighted by molar-refractivity contribution is 9.10. The monoisotopic (exact) mass is 355 g/mol. The molecule has 1 aromatic rings. The zero-order chi connectivity index (χ0) is 14.7. The molecule has 0 atom stereocenters. The van der Waals surface area contributed by atoms with E-state index in [4.69, 9.17) is 0 Å². The lowest BCUT2D eigenvalue weighted by Gasteiger charge is -2.09. The van der Waals surface area contributed by atoms with E-state index < -0.39 is 17.1 Å². The minimum atomic E-state index is -0.630. The highest BCUT2D eigenvalue weighted by atomic mass is 79.9. The van der Waals surface area contributed by atoms with Crippen molar-refractivity contribution in [1.29, 1.82) is 0 Å². The molecule has 5 nitrogen and oxygen atoms in total. The minimum absolute atomic E-state index is 0.283. The maximum atomic E-state index is 12.1. The lowest BCUT2D eigenvalue weighted by atomic mass is 10.2. The fourth-order valence-corrected chi connectivity index (χ4v) is 2.79. The highest BCUT2D eigenvalue weighted by Crippen LogP contribution is 2.33. The molecule has 0 N–H and O–H groups in total.